The largest absolute Gasteiger partial charge is 0.378 e. The molecule has 1 aliphatic heterocycles. The van der Waals surface area contributed by atoms with Gasteiger partial charge in [0.15, 0.2) is 0 Å². The number of nitrogens with one attached hydrogen (secondary N) is 1. The minimum atomic E-state index is 0.570. The van der Waals surface area contributed by atoms with Gasteiger partial charge >= 0.3 is 0 Å². The molecular weight excluding hydrogens is 200 g/mol. The number of aromatic nitrogens is 2. The van der Waals surface area contributed by atoms with Crippen molar-refractivity contribution in [1.29, 1.82) is 0 Å². The van der Waals surface area contributed by atoms with E-state index >= 15 is 0 Å². The first kappa shape index (κ1) is 11.5. The Labute approximate surface area is 97.6 Å². The summed E-state index contributed by atoms with van der Waals surface area (Å²) in [6.45, 7) is 6.92. The maximum absolute atomic E-state index is 4.18. The van der Waals surface area contributed by atoms with Crippen LogP contribution < -0.4 is 5.32 Å². The number of aryl methyl sites for hydroxylation is 1. The highest BCUT2D eigenvalue weighted by atomic mass is 15.3. The average Bonchev–Trinajstić information content (AvgIpc) is 2.64. The Kier molecular flexibility index (Phi) is 3.49. The number of rotatable bonds is 3. The van der Waals surface area contributed by atoms with E-state index in [0.717, 1.165) is 12.2 Å². The molecule has 0 aliphatic carbocycles. The van der Waals surface area contributed by atoms with Crippen LogP contribution >= 0.6 is 0 Å². The van der Waals surface area contributed by atoms with Crippen LogP contribution in [0.2, 0.25) is 0 Å². The lowest BCUT2D eigenvalue weighted by atomic mass is 10.0. The summed E-state index contributed by atoms with van der Waals surface area (Å²) in [7, 11) is 1.95. The molecule has 1 aromatic rings. The summed E-state index contributed by atoms with van der Waals surface area (Å²) in [6.07, 6.45) is 6.48. The molecule has 2 heterocycles. The van der Waals surface area contributed by atoms with Crippen LogP contribution in [0.4, 0.5) is 5.69 Å². The Bertz CT molecular complexity index is 332. The molecule has 16 heavy (non-hydrogen) atoms. The average molecular weight is 222 g/mol. The van der Waals surface area contributed by atoms with Crippen LogP contribution in [0.5, 0.6) is 0 Å². The summed E-state index contributed by atoms with van der Waals surface area (Å²) in [6, 6.07) is 1.22. The summed E-state index contributed by atoms with van der Waals surface area (Å²) in [5.41, 5.74) is 1.14. The Morgan fingerprint density at radius 1 is 1.50 bits per heavy atom. The summed E-state index contributed by atoms with van der Waals surface area (Å²) < 4.78 is 1.84. The van der Waals surface area contributed by atoms with Crippen molar-refractivity contribution in [2.45, 2.75) is 38.8 Å². The van der Waals surface area contributed by atoms with Crippen molar-refractivity contribution >= 4 is 5.69 Å². The molecule has 90 valence electrons. The van der Waals surface area contributed by atoms with Gasteiger partial charge in [0.2, 0.25) is 0 Å². The first-order valence-electron chi connectivity index (χ1n) is 6.14. The van der Waals surface area contributed by atoms with E-state index < -0.39 is 0 Å². The van der Waals surface area contributed by atoms with Crippen molar-refractivity contribution in [1.82, 2.24) is 14.7 Å². The van der Waals surface area contributed by atoms with Crippen LogP contribution in [0.25, 0.3) is 0 Å². The van der Waals surface area contributed by atoms with Gasteiger partial charge in [-0.2, -0.15) is 5.10 Å². The van der Waals surface area contributed by atoms with Crippen molar-refractivity contribution in [3.8, 4) is 0 Å². The quantitative estimate of drug-likeness (QED) is 0.845. The molecule has 1 saturated heterocycles. The van der Waals surface area contributed by atoms with Crippen molar-refractivity contribution < 1.29 is 0 Å². The van der Waals surface area contributed by atoms with Crippen LogP contribution in [-0.4, -0.2) is 39.9 Å². The fourth-order valence-corrected chi connectivity index (χ4v) is 2.32. The van der Waals surface area contributed by atoms with E-state index in [-0.39, 0.29) is 0 Å². The monoisotopic (exact) mass is 222 g/mol. The number of hydrogen-bond donors (Lipinski definition) is 1. The van der Waals surface area contributed by atoms with Crippen LogP contribution in [-0.2, 0) is 7.05 Å². The molecule has 1 aliphatic rings. The zero-order valence-electron chi connectivity index (χ0n) is 10.5. The second kappa shape index (κ2) is 4.87. The molecular formula is C12H22N4. The Morgan fingerprint density at radius 2 is 2.31 bits per heavy atom. The Morgan fingerprint density at radius 3 is 2.94 bits per heavy atom. The molecule has 1 unspecified atom stereocenters. The molecule has 4 nitrogen and oxygen atoms in total. The van der Waals surface area contributed by atoms with E-state index in [9.17, 15) is 0 Å². The zero-order chi connectivity index (χ0) is 11.5. The third-order valence-electron chi connectivity index (χ3n) is 3.26. The minimum Gasteiger partial charge on any atom is -0.378 e. The molecule has 0 spiro atoms. The van der Waals surface area contributed by atoms with Gasteiger partial charge in [0, 0.05) is 31.9 Å². The fourth-order valence-electron chi connectivity index (χ4n) is 2.32. The van der Waals surface area contributed by atoms with E-state index in [0.29, 0.717) is 12.1 Å². The van der Waals surface area contributed by atoms with Crippen LogP contribution in [0.1, 0.15) is 26.7 Å². The number of nitrogens with zero attached hydrogens (tertiary/aromatic N) is 3. The lowest BCUT2D eigenvalue weighted by molar-refractivity contribution is 0.175. The maximum atomic E-state index is 4.18. The molecule has 0 radical (unpaired) electrons. The standard InChI is InChI=1S/C12H22N4/c1-10(2)16-6-4-5-11(9-16)14-12-7-13-15(3)8-12/h7-8,10-11,14H,4-6,9H2,1-3H3. The molecule has 0 saturated carbocycles. The van der Waals surface area contributed by atoms with Gasteiger partial charge in [0.1, 0.15) is 0 Å². The Hall–Kier alpha value is -1.03. The van der Waals surface area contributed by atoms with Gasteiger partial charge in [-0.3, -0.25) is 9.58 Å². The number of likely N-dealkylation sites (tertiary alicyclic amines) is 1. The van der Waals surface area contributed by atoms with Crippen molar-refractivity contribution in [3.63, 3.8) is 0 Å². The number of hydrogen-bond acceptors (Lipinski definition) is 3. The van der Waals surface area contributed by atoms with Crippen molar-refractivity contribution in [3.05, 3.63) is 12.4 Å². The Balaban J connectivity index is 1.90. The van der Waals surface area contributed by atoms with Crippen molar-refractivity contribution in [2.24, 2.45) is 7.05 Å². The number of piperidine rings is 1. The van der Waals surface area contributed by atoms with Crippen LogP contribution in [0.15, 0.2) is 12.4 Å². The SMILES string of the molecule is CC(C)N1CCCC(Nc2cnn(C)c2)C1. The normalized spacial score (nSPS) is 22.6. The molecule has 0 bridgehead atoms. The second-order valence-corrected chi connectivity index (χ2v) is 4.97. The van der Waals surface area contributed by atoms with Gasteiger partial charge in [-0.1, -0.05) is 0 Å². The summed E-state index contributed by atoms with van der Waals surface area (Å²) in [5, 5.41) is 7.74. The lowest BCUT2D eigenvalue weighted by Gasteiger charge is -2.35. The van der Waals surface area contributed by atoms with Gasteiger partial charge in [-0.15, -0.1) is 0 Å². The molecule has 0 aromatic carbocycles. The van der Waals surface area contributed by atoms with E-state index in [1.807, 2.05) is 24.1 Å². The van der Waals surface area contributed by atoms with Crippen LogP contribution in [0.3, 0.4) is 0 Å². The molecule has 1 fully saturated rings. The molecule has 1 aromatic heterocycles. The topological polar surface area (TPSA) is 33.1 Å². The highest BCUT2D eigenvalue weighted by Crippen LogP contribution is 2.16. The molecule has 0 amide bonds. The fraction of sp³-hybridized carbons (Fsp3) is 0.750. The van der Waals surface area contributed by atoms with E-state index in [1.54, 1.807) is 0 Å². The van der Waals surface area contributed by atoms with Crippen molar-refractivity contribution in [2.75, 3.05) is 18.4 Å². The highest BCUT2D eigenvalue weighted by molar-refractivity contribution is 5.39. The van der Waals surface area contributed by atoms with Gasteiger partial charge in [-0.25, -0.2) is 0 Å². The third kappa shape index (κ3) is 2.76. The number of anilines is 1. The first-order valence-corrected chi connectivity index (χ1v) is 6.14. The van der Waals surface area contributed by atoms with Gasteiger partial charge in [0.05, 0.1) is 11.9 Å². The third-order valence-corrected chi connectivity index (χ3v) is 3.26. The van der Waals surface area contributed by atoms with E-state index in [1.165, 1.54) is 19.4 Å². The predicted octanol–water partition coefficient (Wildman–Crippen LogP) is 1.70. The highest BCUT2D eigenvalue weighted by Gasteiger charge is 2.21. The zero-order valence-corrected chi connectivity index (χ0v) is 10.5. The lowest BCUT2D eigenvalue weighted by Crippen LogP contribution is -2.45. The van der Waals surface area contributed by atoms with Gasteiger partial charge in [0.25, 0.3) is 0 Å². The van der Waals surface area contributed by atoms with Gasteiger partial charge < -0.3 is 5.32 Å². The van der Waals surface area contributed by atoms with E-state index in [2.05, 4.69) is 29.2 Å². The first-order chi connectivity index (χ1) is 7.65. The van der Waals surface area contributed by atoms with Crippen LogP contribution in [0, 0.1) is 0 Å². The summed E-state index contributed by atoms with van der Waals surface area (Å²) in [5.74, 6) is 0. The maximum Gasteiger partial charge on any atom is 0.0728 e. The predicted molar refractivity (Wildman–Crippen MR) is 66.6 cm³/mol. The molecule has 2 rings (SSSR count). The van der Waals surface area contributed by atoms with E-state index in [4.69, 9.17) is 0 Å². The minimum absolute atomic E-state index is 0.570. The van der Waals surface area contributed by atoms with Gasteiger partial charge in [-0.05, 0) is 33.2 Å². The molecule has 1 N–H and O–H groups in total. The molecule has 1 atom stereocenters. The smallest absolute Gasteiger partial charge is 0.0728 e. The summed E-state index contributed by atoms with van der Waals surface area (Å²) in [4.78, 5) is 2.54. The summed E-state index contributed by atoms with van der Waals surface area (Å²) >= 11 is 0. The second-order valence-electron chi connectivity index (χ2n) is 4.97. The molecule has 4 heteroatoms.